The third-order valence-corrected chi connectivity index (χ3v) is 1.88. The van der Waals surface area contributed by atoms with Crippen molar-refractivity contribution in [3.63, 3.8) is 0 Å². The predicted molar refractivity (Wildman–Crippen MR) is 44.7 cm³/mol. The molecule has 1 unspecified atom stereocenters. The lowest BCUT2D eigenvalue weighted by molar-refractivity contribution is 0.201. The van der Waals surface area contributed by atoms with E-state index in [1.807, 2.05) is 13.0 Å². The van der Waals surface area contributed by atoms with Crippen molar-refractivity contribution in [2.75, 3.05) is 5.88 Å². The molecule has 0 fully saturated rings. The van der Waals surface area contributed by atoms with Crippen LogP contribution in [-0.4, -0.2) is 16.0 Å². The van der Waals surface area contributed by atoms with Crippen LogP contribution in [0.1, 0.15) is 17.2 Å². The van der Waals surface area contributed by atoms with Crippen LogP contribution in [-0.2, 0) is 0 Å². The van der Waals surface area contributed by atoms with Gasteiger partial charge < -0.3 is 5.11 Å². The van der Waals surface area contributed by atoms with Gasteiger partial charge in [-0.05, 0) is 18.6 Å². The van der Waals surface area contributed by atoms with Crippen LogP contribution in [0.15, 0.2) is 18.5 Å². The van der Waals surface area contributed by atoms with Crippen LogP contribution >= 0.6 is 11.6 Å². The Labute approximate surface area is 70.8 Å². The Morgan fingerprint density at radius 1 is 1.73 bits per heavy atom. The number of nitrogens with zero attached hydrogens (tertiary/aromatic N) is 1. The molecule has 0 aromatic carbocycles. The molecule has 0 spiro atoms. The molecule has 1 rings (SSSR count). The second-order valence-electron chi connectivity index (χ2n) is 2.40. The average Bonchev–Trinajstić information content (AvgIpc) is 2.04. The van der Waals surface area contributed by atoms with Gasteiger partial charge in [0.05, 0.1) is 12.0 Å². The summed E-state index contributed by atoms with van der Waals surface area (Å²) in [6.07, 6.45) is 2.74. The fourth-order valence-corrected chi connectivity index (χ4v) is 1.07. The van der Waals surface area contributed by atoms with Gasteiger partial charge in [-0.1, -0.05) is 0 Å². The summed E-state index contributed by atoms with van der Waals surface area (Å²) >= 11 is 5.48. The van der Waals surface area contributed by atoms with E-state index in [0.717, 1.165) is 11.1 Å². The van der Waals surface area contributed by atoms with Gasteiger partial charge in [-0.15, -0.1) is 11.6 Å². The first-order valence-corrected chi connectivity index (χ1v) is 3.93. The van der Waals surface area contributed by atoms with Gasteiger partial charge in [0.1, 0.15) is 0 Å². The number of pyridine rings is 1. The zero-order valence-electron chi connectivity index (χ0n) is 6.29. The topological polar surface area (TPSA) is 33.1 Å². The van der Waals surface area contributed by atoms with E-state index in [2.05, 4.69) is 4.98 Å². The summed E-state index contributed by atoms with van der Waals surface area (Å²) in [4.78, 5) is 3.90. The molecule has 3 heteroatoms. The van der Waals surface area contributed by atoms with Crippen LogP contribution in [0, 0.1) is 6.92 Å². The summed E-state index contributed by atoms with van der Waals surface area (Å²) in [5.41, 5.74) is 1.83. The van der Waals surface area contributed by atoms with Crippen LogP contribution in [0.3, 0.4) is 0 Å². The van der Waals surface area contributed by atoms with Gasteiger partial charge in [0.2, 0.25) is 0 Å². The van der Waals surface area contributed by atoms with E-state index >= 15 is 0 Å². The quantitative estimate of drug-likeness (QED) is 0.687. The van der Waals surface area contributed by atoms with Gasteiger partial charge in [-0.25, -0.2) is 0 Å². The van der Waals surface area contributed by atoms with Gasteiger partial charge in [0, 0.05) is 18.0 Å². The molecule has 0 saturated heterocycles. The first-order valence-electron chi connectivity index (χ1n) is 3.40. The molecule has 0 saturated carbocycles. The van der Waals surface area contributed by atoms with Gasteiger partial charge >= 0.3 is 0 Å². The van der Waals surface area contributed by atoms with Crippen molar-refractivity contribution in [1.82, 2.24) is 4.98 Å². The van der Waals surface area contributed by atoms with Crippen molar-refractivity contribution >= 4 is 11.6 Å². The zero-order valence-corrected chi connectivity index (χ0v) is 7.04. The highest BCUT2D eigenvalue weighted by molar-refractivity contribution is 6.18. The molecule has 1 heterocycles. The highest BCUT2D eigenvalue weighted by Crippen LogP contribution is 2.16. The minimum atomic E-state index is -0.592. The lowest BCUT2D eigenvalue weighted by atomic mass is 10.1. The van der Waals surface area contributed by atoms with Crippen LogP contribution in [0.25, 0.3) is 0 Å². The molecule has 0 bridgehead atoms. The summed E-state index contributed by atoms with van der Waals surface area (Å²) < 4.78 is 0. The molecule has 0 amide bonds. The van der Waals surface area contributed by atoms with Gasteiger partial charge in [-0.3, -0.25) is 4.98 Å². The van der Waals surface area contributed by atoms with Crippen molar-refractivity contribution in [2.45, 2.75) is 13.0 Å². The Bertz CT molecular complexity index is 239. The second-order valence-corrected chi connectivity index (χ2v) is 2.71. The molecule has 1 aromatic heterocycles. The largest absolute Gasteiger partial charge is 0.387 e. The van der Waals surface area contributed by atoms with Crippen LogP contribution < -0.4 is 0 Å². The smallest absolute Gasteiger partial charge is 0.0942 e. The number of aromatic nitrogens is 1. The van der Waals surface area contributed by atoms with E-state index in [4.69, 9.17) is 11.6 Å². The van der Waals surface area contributed by atoms with Crippen LogP contribution in [0.2, 0.25) is 0 Å². The molecule has 0 aliphatic rings. The number of halogens is 1. The number of rotatable bonds is 2. The van der Waals surface area contributed by atoms with Gasteiger partial charge in [0.25, 0.3) is 0 Å². The van der Waals surface area contributed by atoms with Crippen molar-refractivity contribution in [1.29, 1.82) is 0 Å². The van der Waals surface area contributed by atoms with Crippen molar-refractivity contribution in [3.8, 4) is 0 Å². The zero-order chi connectivity index (χ0) is 8.27. The number of hydrogen-bond acceptors (Lipinski definition) is 2. The molecule has 0 aliphatic heterocycles. The third kappa shape index (κ3) is 1.91. The summed E-state index contributed by atoms with van der Waals surface area (Å²) in [6, 6.07) is 1.85. The molecule has 2 nitrogen and oxygen atoms in total. The van der Waals surface area contributed by atoms with Crippen LogP contribution in [0.5, 0.6) is 0 Å². The molecule has 1 N–H and O–H groups in total. The first-order chi connectivity index (χ1) is 5.25. The monoisotopic (exact) mass is 171 g/mol. The molecular formula is C8H10ClNO. The van der Waals surface area contributed by atoms with E-state index in [0.29, 0.717) is 0 Å². The first kappa shape index (κ1) is 8.50. The molecule has 1 aromatic rings. The van der Waals surface area contributed by atoms with E-state index in [-0.39, 0.29) is 5.88 Å². The molecule has 60 valence electrons. The Morgan fingerprint density at radius 3 is 3.00 bits per heavy atom. The number of aliphatic hydroxyl groups excluding tert-OH is 1. The minimum Gasteiger partial charge on any atom is -0.387 e. The van der Waals surface area contributed by atoms with E-state index < -0.39 is 6.10 Å². The maximum atomic E-state index is 9.34. The third-order valence-electron chi connectivity index (χ3n) is 1.58. The minimum absolute atomic E-state index is 0.215. The Kier molecular flexibility index (Phi) is 2.85. The lowest BCUT2D eigenvalue weighted by Crippen LogP contribution is -2.01. The molecular weight excluding hydrogens is 162 g/mol. The predicted octanol–water partition coefficient (Wildman–Crippen LogP) is 1.66. The fourth-order valence-electron chi connectivity index (χ4n) is 0.908. The SMILES string of the molecule is Cc1ccncc1C(O)CCl. The lowest BCUT2D eigenvalue weighted by Gasteiger charge is -2.08. The second kappa shape index (κ2) is 3.69. The van der Waals surface area contributed by atoms with Crippen LogP contribution in [0.4, 0.5) is 0 Å². The number of aryl methyl sites for hydroxylation is 1. The van der Waals surface area contributed by atoms with Crippen molar-refractivity contribution < 1.29 is 5.11 Å². The van der Waals surface area contributed by atoms with E-state index in [1.54, 1.807) is 12.4 Å². The molecule has 1 atom stereocenters. The normalized spacial score (nSPS) is 13.0. The standard InChI is InChI=1S/C8H10ClNO/c1-6-2-3-10-5-7(6)8(11)4-9/h2-3,5,8,11H,4H2,1H3. The Hall–Kier alpha value is -0.600. The number of alkyl halides is 1. The van der Waals surface area contributed by atoms with Crippen molar-refractivity contribution in [2.24, 2.45) is 0 Å². The number of hydrogen-bond donors (Lipinski definition) is 1. The van der Waals surface area contributed by atoms with Gasteiger partial charge in [-0.2, -0.15) is 0 Å². The number of aliphatic hydroxyl groups is 1. The average molecular weight is 172 g/mol. The Balaban J connectivity index is 2.93. The van der Waals surface area contributed by atoms with Gasteiger partial charge in [0.15, 0.2) is 0 Å². The van der Waals surface area contributed by atoms with E-state index in [1.165, 1.54) is 0 Å². The maximum absolute atomic E-state index is 9.34. The molecule has 11 heavy (non-hydrogen) atoms. The Morgan fingerprint density at radius 2 is 2.45 bits per heavy atom. The molecule has 0 radical (unpaired) electrons. The van der Waals surface area contributed by atoms with Crippen molar-refractivity contribution in [3.05, 3.63) is 29.6 Å². The van der Waals surface area contributed by atoms with E-state index in [9.17, 15) is 5.11 Å². The summed E-state index contributed by atoms with van der Waals surface area (Å²) in [5.74, 6) is 0.215. The highest BCUT2D eigenvalue weighted by Gasteiger charge is 2.07. The summed E-state index contributed by atoms with van der Waals surface area (Å²) in [6.45, 7) is 1.92. The highest BCUT2D eigenvalue weighted by atomic mass is 35.5. The summed E-state index contributed by atoms with van der Waals surface area (Å²) in [7, 11) is 0. The summed E-state index contributed by atoms with van der Waals surface area (Å²) in [5, 5.41) is 9.34. The molecule has 0 aliphatic carbocycles. The fraction of sp³-hybridized carbons (Fsp3) is 0.375. The maximum Gasteiger partial charge on any atom is 0.0942 e.